The number of benzene rings is 1. The SMILES string of the molecule is COCC[C@]1(C(=O)O)CCCN(C(=O)c2cccc3c2NCCC3)C1. The number of methoxy groups -OCH3 is 1. The standard InChI is InChI=1S/C19H26N2O4/c1-25-12-9-19(18(23)24)8-4-11-21(13-19)17(22)15-7-2-5-14-6-3-10-20-16(14)15/h2,5,7,20H,3-4,6,8-13H2,1H3,(H,23,24)/t19-/m1/s1. The summed E-state index contributed by atoms with van der Waals surface area (Å²) in [6, 6.07) is 5.80. The smallest absolute Gasteiger partial charge is 0.311 e. The Morgan fingerprint density at radius 1 is 1.36 bits per heavy atom. The number of aliphatic carboxylic acids is 1. The average molecular weight is 346 g/mol. The van der Waals surface area contributed by atoms with Crippen LogP contribution in [0.3, 0.4) is 0 Å². The third-order valence-electron chi connectivity index (χ3n) is 5.41. The normalized spacial score (nSPS) is 22.8. The number of ether oxygens (including phenoxy) is 1. The summed E-state index contributed by atoms with van der Waals surface area (Å²) in [5.41, 5.74) is 1.83. The van der Waals surface area contributed by atoms with E-state index >= 15 is 0 Å². The van der Waals surface area contributed by atoms with E-state index in [1.165, 1.54) is 0 Å². The molecule has 2 heterocycles. The van der Waals surface area contributed by atoms with Gasteiger partial charge in [-0.15, -0.1) is 0 Å². The first-order chi connectivity index (χ1) is 12.1. The summed E-state index contributed by atoms with van der Waals surface area (Å²) in [7, 11) is 1.57. The molecule has 2 N–H and O–H groups in total. The molecule has 1 aromatic carbocycles. The van der Waals surface area contributed by atoms with E-state index in [9.17, 15) is 14.7 Å². The molecule has 2 aliphatic rings. The van der Waals surface area contributed by atoms with Crippen LogP contribution in [0.1, 0.15) is 41.6 Å². The lowest BCUT2D eigenvalue weighted by Crippen LogP contribution is -2.50. The quantitative estimate of drug-likeness (QED) is 0.856. The van der Waals surface area contributed by atoms with Crippen LogP contribution in [0.15, 0.2) is 18.2 Å². The molecule has 6 nitrogen and oxygen atoms in total. The molecule has 0 aliphatic carbocycles. The second-order valence-electron chi connectivity index (χ2n) is 7.03. The molecule has 0 spiro atoms. The van der Waals surface area contributed by atoms with Crippen LogP contribution in [-0.4, -0.2) is 55.2 Å². The Morgan fingerprint density at radius 3 is 2.96 bits per heavy atom. The van der Waals surface area contributed by atoms with Gasteiger partial charge in [-0.1, -0.05) is 12.1 Å². The maximum atomic E-state index is 13.1. The number of para-hydroxylation sites is 1. The van der Waals surface area contributed by atoms with Gasteiger partial charge in [0, 0.05) is 33.4 Å². The Hall–Kier alpha value is -2.08. The monoisotopic (exact) mass is 346 g/mol. The minimum atomic E-state index is -0.911. The van der Waals surface area contributed by atoms with Crippen molar-refractivity contribution in [3.05, 3.63) is 29.3 Å². The molecule has 1 saturated heterocycles. The van der Waals surface area contributed by atoms with E-state index in [0.717, 1.165) is 30.6 Å². The number of carboxylic acids is 1. The Kier molecular flexibility index (Phi) is 5.27. The molecule has 1 atom stereocenters. The number of carbonyl (C=O) groups excluding carboxylic acids is 1. The highest BCUT2D eigenvalue weighted by atomic mass is 16.5. The fourth-order valence-electron chi connectivity index (χ4n) is 3.95. The average Bonchev–Trinajstić information content (AvgIpc) is 2.65. The maximum absolute atomic E-state index is 13.1. The molecular formula is C19H26N2O4. The van der Waals surface area contributed by atoms with Crippen molar-refractivity contribution in [1.29, 1.82) is 0 Å². The lowest BCUT2D eigenvalue weighted by atomic mass is 9.77. The highest BCUT2D eigenvalue weighted by Crippen LogP contribution is 2.36. The Morgan fingerprint density at radius 2 is 2.20 bits per heavy atom. The number of likely N-dealkylation sites (tertiary alicyclic amines) is 1. The number of anilines is 1. The van der Waals surface area contributed by atoms with E-state index in [2.05, 4.69) is 11.4 Å². The summed E-state index contributed by atoms with van der Waals surface area (Å²) in [5.74, 6) is -0.913. The number of carbonyl (C=O) groups is 2. The number of nitrogens with zero attached hydrogens (tertiary/aromatic N) is 1. The molecule has 1 amide bonds. The molecule has 0 unspecified atom stereocenters. The number of hydrogen-bond acceptors (Lipinski definition) is 4. The summed E-state index contributed by atoms with van der Waals surface area (Å²) in [6.45, 7) is 2.10. The molecule has 0 bridgehead atoms. The van der Waals surface area contributed by atoms with E-state index in [0.29, 0.717) is 38.0 Å². The molecular weight excluding hydrogens is 320 g/mol. The molecule has 6 heteroatoms. The van der Waals surface area contributed by atoms with Crippen molar-refractivity contribution in [1.82, 2.24) is 4.90 Å². The van der Waals surface area contributed by atoms with Crippen molar-refractivity contribution in [3.63, 3.8) is 0 Å². The van der Waals surface area contributed by atoms with Crippen molar-refractivity contribution in [2.45, 2.75) is 32.1 Å². The van der Waals surface area contributed by atoms with Crippen molar-refractivity contribution < 1.29 is 19.4 Å². The summed E-state index contributed by atoms with van der Waals surface area (Å²) in [6.07, 6.45) is 3.74. The Bertz CT molecular complexity index is 661. The third-order valence-corrected chi connectivity index (χ3v) is 5.41. The van der Waals surface area contributed by atoms with E-state index in [-0.39, 0.29) is 12.5 Å². The number of carboxylic acid groups (broad SMARTS) is 1. The van der Waals surface area contributed by atoms with Crippen LogP contribution in [0.4, 0.5) is 5.69 Å². The van der Waals surface area contributed by atoms with Crippen LogP contribution in [0, 0.1) is 5.41 Å². The number of hydrogen-bond donors (Lipinski definition) is 2. The van der Waals surface area contributed by atoms with Gasteiger partial charge in [0.25, 0.3) is 5.91 Å². The zero-order valence-corrected chi connectivity index (χ0v) is 14.7. The van der Waals surface area contributed by atoms with Crippen LogP contribution in [0.5, 0.6) is 0 Å². The van der Waals surface area contributed by atoms with Crippen molar-refractivity contribution in [2.75, 3.05) is 38.7 Å². The van der Waals surface area contributed by atoms with E-state index in [1.807, 2.05) is 12.1 Å². The first-order valence-corrected chi connectivity index (χ1v) is 8.95. The van der Waals surface area contributed by atoms with Gasteiger partial charge >= 0.3 is 5.97 Å². The summed E-state index contributed by atoms with van der Waals surface area (Å²) in [4.78, 5) is 26.7. The minimum absolute atomic E-state index is 0.0750. The predicted octanol–water partition coefficient (Wildman–Crippen LogP) is 2.39. The topological polar surface area (TPSA) is 78.9 Å². The Labute approximate surface area is 148 Å². The number of aryl methyl sites for hydroxylation is 1. The van der Waals surface area contributed by atoms with Gasteiger partial charge in [-0.05, 0) is 43.7 Å². The number of rotatable bonds is 5. The van der Waals surface area contributed by atoms with Gasteiger partial charge in [0.15, 0.2) is 0 Å². The third kappa shape index (κ3) is 3.49. The number of nitrogens with one attached hydrogen (secondary N) is 1. The van der Waals surface area contributed by atoms with Gasteiger partial charge in [0.05, 0.1) is 16.7 Å². The molecule has 0 radical (unpaired) electrons. The molecule has 0 aromatic heterocycles. The van der Waals surface area contributed by atoms with E-state index in [1.54, 1.807) is 12.0 Å². The van der Waals surface area contributed by atoms with E-state index < -0.39 is 11.4 Å². The molecule has 1 aromatic rings. The van der Waals surface area contributed by atoms with Crippen molar-refractivity contribution >= 4 is 17.6 Å². The number of fused-ring (bicyclic) bond motifs is 1. The molecule has 3 rings (SSSR count). The van der Waals surface area contributed by atoms with Gasteiger partial charge in [-0.25, -0.2) is 0 Å². The second kappa shape index (κ2) is 7.44. The number of amides is 1. The van der Waals surface area contributed by atoms with Crippen LogP contribution < -0.4 is 5.32 Å². The van der Waals surface area contributed by atoms with Crippen LogP contribution in [0.25, 0.3) is 0 Å². The highest BCUT2D eigenvalue weighted by molar-refractivity contribution is 6.00. The van der Waals surface area contributed by atoms with Crippen molar-refractivity contribution in [3.8, 4) is 0 Å². The molecule has 25 heavy (non-hydrogen) atoms. The van der Waals surface area contributed by atoms with Crippen LogP contribution in [-0.2, 0) is 16.0 Å². The van der Waals surface area contributed by atoms with Crippen molar-refractivity contribution in [2.24, 2.45) is 5.41 Å². The molecule has 136 valence electrons. The minimum Gasteiger partial charge on any atom is -0.481 e. The second-order valence-corrected chi connectivity index (χ2v) is 7.03. The lowest BCUT2D eigenvalue weighted by molar-refractivity contribution is -0.153. The molecule has 1 fully saturated rings. The first-order valence-electron chi connectivity index (χ1n) is 8.95. The first kappa shape index (κ1) is 17.7. The zero-order chi connectivity index (χ0) is 17.9. The van der Waals surface area contributed by atoms with Crippen LogP contribution >= 0.6 is 0 Å². The van der Waals surface area contributed by atoms with Crippen LogP contribution in [0.2, 0.25) is 0 Å². The summed E-state index contributed by atoms with van der Waals surface area (Å²) >= 11 is 0. The summed E-state index contributed by atoms with van der Waals surface area (Å²) < 4.78 is 5.10. The van der Waals surface area contributed by atoms with Gasteiger partial charge < -0.3 is 20.1 Å². The fraction of sp³-hybridized carbons (Fsp3) is 0.579. The van der Waals surface area contributed by atoms with Gasteiger partial charge in [0.2, 0.25) is 0 Å². The van der Waals surface area contributed by atoms with Gasteiger partial charge in [-0.3, -0.25) is 9.59 Å². The predicted molar refractivity (Wildman–Crippen MR) is 95.0 cm³/mol. The van der Waals surface area contributed by atoms with Gasteiger partial charge in [0.1, 0.15) is 0 Å². The fourth-order valence-corrected chi connectivity index (χ4v) is 3.95. The lowest BCUT2D eigenvalue weighted by Gasteiger charge is -2.40. The molecule has 2 aliphatic heterocycles. The molecule has 0 saturated carbocycles. The Balaban J connectivity index is 1.84. The number of piperidine rings is 1. The van der Waals surface area contributed by atoms with E-state index in [4.69, 9.17) is 4.74 Å². The zero-order valence-electron chi connectivity index (χ0n) is 14.7. The maximum Gasteiger partial charge on any atom is 0.311 e. The van der Waals surface area contributed by atoms with Gasteiger partial charge in [-0.2, -0.15) is 0 Å². The highest BCUT2D eigenvalue weighted by Gasteiger charge is 2.43. The largest absolute Gasteiger partial charge is 0.481 e. The summed E-state index contributed by atoms with van der Waals surface area (Å²) in [5, 5.41) is 13.1.